The average molecular weight is 182 g/mol. The van der Waals surface area contributed by atoms with Crippen LogP contribution in [0.3, 0.4) is 0 Å². The van der Waals surface area contributed by atoms with E-state index >= 15 is 0 Å². The third kappa shape index (κ3) is 1.48. The van der Waals surface area contributed by atoms with Gasteiger partial charge in [0.25, 0.3) is 0 Å². The van der Waals surface area contributed by atoms with Gasteiger partial charge in [0.05, 0.1) is 22.4 Å². The van der Waals surface area contributed by atoms with E-state index in [1.165, 1.54) is 12.1 Å². The molecular formula is C10H6N4. The third-order valence-corrected chi connectivity index (χ3v) is 1.79. The second kappa shape index (κ2) is 3.94. The average Bonchev–Trinajstić information content (AvgIpc) is 2.26. The quantitative estimate of drug-likeness (QED) is 0.710. The molecule has 0 aliphatic carbocycles. The Morgan fingerprint density at radius 2 is 1.43 bits per heavy atom. The Morgan fingerprint density at radius 3 is 1.86 bits per heavy atom. The first kappa shape index (κ1) is 9.58. The van der Waals surface area contributed by atoms with E-state index in [-0.39, 0.29) is 11.1 Å². The van der Waals surface area contributed by atoms with Gasteiger partial charge in [-0.3, -0.25) is 0 Å². The Hall–Kier alpha value is -2.51. The zero-order valence-corrected chi connectivity index (χ0v) is 7.50. The molecule has 0 unspecified atom stereocenters. The van der Waals surface area contributed by atoms with Crippen LogP contribution in [0.25, 0.3) is 0 Å². The zero-order valence-electron chi connectivity index (χ0n) is 7.50. The van der Waals surface area contributed by atoms with E-state index in [9.17, 15) is 0 Å². The van der Waals surface area contributed by atoms with E-state index in [4.69, 9.17) is 15.8 Å². The fourth-order valence-corrected chi connectivity index (χ4v) is 1.08. The topological polar surface area (TPSA) is 83.4 Å². The molecule has 0 saturated carbocycles. The van der Waals surface area contributed by atoms with E-state index in [2.05, 4.69) is 5.32 Å². The van der Waals surface area contributed by atoms with E-state index in [0.29, 0.717) is 11.3 Å². The van der Waals surface area contributed by atoms with Crippen LogP contribution in [0.1, 0.15) is 16.7 Å². The number of benzene rings is 1. The predicted octanol–water partition coefficient (Wildman–Crippen LogP) is 1.34. The van der Waals surface area contributed by atoms with Crippen molar-refractivity contribution in [2.45, 2.75) is 0 Å². The number of nitriles is 3. The van der Waals surface area contributed by atoms with E-state index in [1.54, 1.807) is 7.05 Å². The van der Waals surface area contributed by atoms with Crippen molar-refractivity contribution in [3.05, 3.63) is 28.8 Å². The first-order valence-electron chi connectivity index (χ1n) is 3.83. The van der Waals surface area contributed by atoms with Crippen LogP contribution in [0, 0.1) is 34.0 Å². The van der Waals surface area contributed by atoms with Crippen molar-refractivity contribution in [3.8, 4) is 18.2 Å². The van der Waals surface area contributed by atoms with Gasteiger partial charge < -0.3 is 5.32 Å². The summed E-state index contributed by atoms with van der Waals surface area (Å²) in [6.45, 7) is 0. The molecule has 0 aromatic heterocycles. The van der Waals surface area contributed by atoms with Crippen molar-refractivity contribution in [1.29, 1.82) is 15.8 Å². The molecule has 0 fully saturated rings. The summed E-state index contributed by atoms with van der Waals surface area (Å²) in [6.07, 6.45) is 0. The highest BCUT2D eigenvalue weighted by molar-refractivity contribution is 5.64. The first-order valence-corrected chi connectivity index (χ1v) is 3.83. The van der Waals surface area contributed by atoms with Gasteiger partial charge in [-0.2, -0.15) is 15.8 Å². The highest BCUT2D eigenvalue weighted by atomic mass is 14.8. The van der Waals surface area contributed by atoms with Crippen molar-refractivity contribution in [1.82, 2.24) is 0 Å². The maximum Gasteiger partial charge on any atom is 0.101 e. The highest BCUT2D eigenvalue weighted by Gasteiger charge is 2.07. The summed E-state index contributed by atoms with van der Waals surface area (Å²) in [5.41, 5.74) is 1.42. The standard InChI is InChI=1S/C10H6N4/c1-14-10-3-8(5-12)7(4-11)2-9(10)6-13/h2-3,14H,1H3. The van der Waals surface area contributed by atoms with Gasteiger partial charge >= 0.3 is 0 Å². The van der Waals surface area contributed by atoms with Gasteiger partial charge in [0, 0.05) is 7.05 Å². The Labute approximate surface area is 81.6 Å². The fourth-order valence-electron chi connectivity index (χ4n) is 1.08. The molecule has 0 atom stereocenters. The SMILES string of the molecule is CNc1cc(C#N)c(C#N)cc1C#N. The lowest BCUT2D eigenvalue weighted by atomic mass is 10.0. The molecule has 0 aliphatic heterocycles. The van der Waals surface area contributed by atoms with Crippen LogP contribution in [0.2, 0.25) is 0 Å². The molecular weight excluding hydrogens is 176 g/mol. The molecule has 1 aromatic rings. The summed E-state index contributed by atoms with van der Waals surface area (Å²) in [5.74, 6) is 0. The summed E-state index contributed by atoms with van der Waals surface area (Å²) < 4.78 is 0. The van der Waals surface area contributed by atoms with Crippen LogP contribution in [-0.4, -0.2) is 7.05 Å². The van der Waals surface area contributed by atoms with E-state index in [0.717, 1.165) is 0 Å². The molecule has 14 heavy (non-hydrogen) atoms. The third-order valence-electron chi connectivity index (χ3n) is 1.79. The van der Waals surface area contributed by atoms with Gasteiger partial charge in [-0.15, -0.1) is 0 Å². The van der Waals surface area contributed by atoms with E-state index < -0.39 is 0 Å². The lowest BCUT2D eigenvalue weighted by Crippen LogP contribution is -1.95. The van der Waals surface area contributed by atoms with E-state index in [1.807, 2.05) is 18.2 Å². The summed E-state index contributed by atoms with van der Waals surface area (Å²) in [5, 5.41) is 29.0. The van der Waals surface area contributed by atoms with Crippen molar-refractivity contribution in [2.75, 3.05) is 12.4 Å². The number of anilines is 1. The maximum atomic E-state index is 8.75. The highest BCUT2D eigenvalue weighted by Crippen LogP contribution is 2.19. The summed E-state index contributed by atoms with van der Waals surface area (Å²) in [4.78, 5) is 0. The maximum absolute atomic E-state index is 8.75. The Balaban J connectivity index is 3.49. The number of hydrogen-bond acceptors (Lipinski definition) is 4. The van der Waals surface area contributed by atoms with Gasteiger partial charge in [-0.1, -0.05) is 0 Å². The smallest absolute Gasteiger partial charge is 0.101 e. The minimum absolute atomic E-state index is 0.225. The van der Waals surface area contributed by atoms with Crippen LogP contribution in [0.4, 0.5) is 5.69 Å². The minimum Gasteiger partial charge on any atom is -0.387 e. The Morgan fingerprint density at radius 1 is 0.929 bits per heavy atom. The van der Waals surface area contributed by atoms with Crippen molar-refractivity contribution >= 4 is 5.69 Å². The van der Waals surface area contributed by atoms with Gasteiger partial charge in [-0.25, -0.2) is 0 Å². The van der Waals surface area contributed by atoms with Crippen LogP contribution in [0.15, 0.2) is 12.1 Å². The number of rotatable bonds is 1. The zero-order chi connectivity index (χ0) is 10.6. The minimum atomic E-state index is 0.225. The molecule has 0 radical (unpaired) electrons. The summed E-state index contributed by atoms with van der Waals surface area (Å²) >= 11 is 0. The largest absolute Gasteiger partial charge is 0.387 e. The first-order chi connectivity index (χ1) is 6.76. The molecule has 1 rings (SSSR count). The van der Waals surface area contributed by atoms with Crippen LogP contribution < -0.4 is 5.32 Å². The number of nitrogens with zero attached hydrogens (tertiary/aromatic N) is 3. The lowest BCUT2D eigenvalue weighted by Gasteiger charge is -2.03. The molecule has 0 amide bonds. The second-order valence-electron chi connectivity index (χ2n) is 2.53. The molecule has 66 valence electrons. The fraction of sp³-hybridized carbons (Fsp3) is 0.100. The van der Waals surface area contributed by atoms with Gasteiger partial charge in [0.1, 0.15) is 18.2 Å². The molecule has 1 N–H and O–H groups in total. The molecule has 0 saturated heterocycles. The van der Waals surface area contributed by atoms with Gasteiger partial charge in [0.2, 0.25) is 0 Å². The van der Waals surface area contributed by atoms with Crippen molar-refractivity contribution < 1.29 is 0 Å². The number of nitrogens with one attached hydrogen (secondary N) is 1. The summed E-state index contributed by atoms with van der Waals surface area (Å²) in [6, 6.07) is 8.63. The normalized spacial score (nSPS) is 8.14. The molecule has 0 aliphatic rings. The van der Waals surface area contributed by atoms with Crippen LogP contribution >= 0.6 is 0 Å². The molecule has 0 bridgehead atoms. The summed E-state index contributed by atoms with van der Waals surface area (Å²) in [7, 11) is 1.66. The number of hydrogen-bond donors (Lipinski definition) is 1. The Kier molecular flexibility index (Phi) is 2.69. The molecule has 4 heteroatoms. The second-order valence-corrected chi connectivity index (χ2v) is 2.53. The van der Waals surface area contributed by atoms with Gasteiger partial charge in [0.15, 0.2) is 0 Å². The Bertz CT molecular complexity index is 483. The van der Waals surface area contributed by atoms with Crippen LogP contribution in [0.5, 0.6) is 0 Å². The monoisotopic (exact) mass is 182 g/mol. The molecule has 0 heterocycles. The lowest BCUT2D eigenvalue weighted by molar-refractivity contribution is 1.38. The van der Waals surface area contributed by atoms with Crippen molar-refractivity contribution in [3.63, 3.8) is 0 Å². The van der Waals surface area contributed by atoms with Crippen LogP contribution in [-0.2, 0) is 0 Å². The van der Waals surface area contributed by atoms with Gasteiger partial charge in [-0.05, 0) is 12.1 Å². The molecule has 1 aromatic carbocycles. The molecule has 4 nitrogen and oxygen atoms in total. The molecule has 0 spiro atoms. The van der Waals surface area contributed by atoms with Crippen molar-refractivity contribution in [2.24, 2.45) is 0 Å². The predicted molar refractivity (Wildman–Crippen MR) is 50.1 cm³/mol.